The van der Waals surface area contributed by atoms with Crippen LogP contribution in [0.2, 0.25) is 6.04 Å². The second kappa shape index (κ2) is 5.93. The van der Waals surface area contributed by atoms with Crippen molar-refractivity contribution in [3.05, 3.63) is 35.4 Å². The third-order valence-corrected chi connectivity index (χ3v) is 4.81. The Labute approximate surface area is 104 Å². The minimum Gasteiger partial charge on any atom is -0.150 e. The summed E-state index contributed by atoms with van der Waals surface area (Å²) >= 11 is 11.9. The molecule has 0 heterocycles. The molecule has 0 aliphatic rings. The van der Waals surface area contributed by atoms with E-state index in [9.17, 15) is 0 Å². The average Bonchev–Trinajstić information content (AvgIpc) is 2.17. The highest BCUT2D eigenvalue weighted by Gasteiger charge is 2.12. The second-order valence-corrected chi connectivity index (χ2v) is 9.44. The van der Waals surface area contributed by atoms with E-state index in [-0.39, 0.29) is 0 Å². The molecule has 0 fully saturated rings. The van der Waals surface area contributed by atoms with Gasteiger partial charge in [-0.25, -0.2) is 0 Å². The maximum absolute atomic E-state index is 5.93. The summed E-state index contributed by atoms with van der Waals surface area (Å²) in [6.45, 7) is 6.62. The van der Waals surface area contributed by atoms with Gasteiger partial charge in [-0.3, -0.25) is 0 Å². The normalized spacial score (nSPS) is 13.5. The van der Waals surface area contributed by atoms with Gasteiger partial charge in [0.2, 0.25) is 7.42 Å². The molecule has 1 aromatic carbocycles. The van der Waals surface area contributed by atoms with Crippen molar-refractivity contribution < 1.29 is 0 Å². The summed E-state index contributed by atoms with van der Waals surface area (Å²) in [5.41, 5.74) is 2.75. The fourth-order valence-electron chi connectivity index (χ4n) is 1.63. The quantitative estimate of drug-likeness (QED) is 0.548. The third-order valence-electron chi connectivity index (χ3n) is 2.68. The summed E-state index contributed by atoms with van der Waals surface area (Å²) in [5, 5.41) is 0. The van der Waals surface area contributed by atoms with Gasteiger partial charge in [-0.1, -0.05) is 45.0 Å². The first-order valence-electron chi connectivity index (χ1n) is 5.38. The van der Waals surface area contributed by atoms with Crippen LogP contribution < -0.4 is 0 Å². The Morgan fingerprint density at radius 3 is 2.27 bits per heavy atom. The molecule has 0 nitrogen and oxygen atoms in total. The monoisotopic (exact) mass is 260 g/mol. The topological polar surface area (TPSA) is 0 Å². The molecule has 0 aliphatic carbocycles. The van der Waals surface area contributed by atoms with E-state index in [4.69, 9.17) is 22.2 Å². The van der Waals surface area contributed by atoms with Crippen molar-refractivity contribution in [2.24, 2.45) is 0 Å². The molecular weight excluding hydrogens is 243 g/mol. The zero-order chi connectivity index (χ0) is 11.4. The highest BCUT2D eigenvalue weighted by Crippen LogP contribution is 2.26. The van der Waals surface area contributed by atoms with Gasteiger partial charge in [0.1, 0.15) is 0 Å². The van der Waals surface area contributed by atoms with Crippen LogP contribution in [0.5, 0.6) is 0 Å². The van der Waals surface area contributed by atoms with Gasteiger partial charge in [-0.05, 0) is 29.0 Å². The molecule has 1 atom stereocenters. The molecule has 0 N–H and O–H groups in total. The lowest BCUT2D eigenvalue weighted by atomic mass is 9.96. The van der Waals surface area contributed by atoms with Gasteiger partial charge in [-0.2, -0.15) is 22.2 Å². The lowest BCUT2D eigenvalue weighted by molar-refractivity contribution is 0.831. The maximum atomic E-state index is 5.93. The van der Waals surface area contributed by atoms with E-state index in [0.717, 1.165) is 6.04 Å². The van der Waals surface area contributed by atoms with E-state index < -0.39 is 7.42 Å². The van der Waals surface area contributed by atoms with Crippen molar-refractivity contribution >= 4 is 29.6 Å². The lowest BCUT2D eigenvalue weighted by Crippen LogP contribution is -2.02. The molecule has 0 bridgehead atoms. The van der Waals surface area contributed by atoms with Gasteiger partial charge in [0, 0.05) is 0 Å². The van der Waals surface area contributed by atoms with Gasteiger partial charge in [0.05, 0.1) is 0 Å². The molecule has 0 spiro atoms. The Bertz CT molecular complexity index is 310. The fourth-order valence-corrected chi connectivity index (χ4v) is 4.04. The van der Waals surface area contributed by atoms with Crippen molar-refractivity contribution in [1.82, 2.24) is 0 Å². The summed E-state index contributed by atoms with van der Waals surface area (Å²) in [5.74, 6) is 1.06. The molecule has 15 heavy (non-hydrogen) atoms. The second-order valence-electron chi connectivity index (χ2n) is 4.35. The van der Waals surface area contributed by atoms with Crippen LogP contribution in [0.1, 0.15) is 43.7 Å². The number of hydrogen-bond donors (Lipinski definition) is 0. The Hall–Kier alpha value is 0.0169. The van der Waals surface area contributed by atoms with E-state index in [1.807, 2.05) is 0 Å². The highest BCUT2D eigenvalue weighted by atomic mass is 35.7. The molecule has 0 amide bonds. The first kappa shape index (κ1) is 13.1. The molecule has 1 rings (SSSR count). The Morgan fingerprint density at radius 2 is 1.73 bits per heavy atom. The molecule has 3 heteroatoms. The van der Waals surface area contributed by atoms with Crippen LogP contribution in [0.4, 0.5) is 0 Å². The summed E-state index contributed by atoms with van der Waals surface area (Å²) in [4.78, 5) is 0. The van der Waals surface area contributed by atoms with Crippen LogP contribution in [-0.2, 0) is 0 Å². The number of rotatable bonds is 4. The summed E-state index contributed by atoms with van der Waals surface area (Å²) in [6.07, 6.45) is 0. The zero-order valence-electron chi connectivity index (χ0n) is 9.50. The molecule has 1 unspecified atom stereocenters. The molecule has 0 radical (unpaired) electrons. The van der Waals surface area contributed by atoms with E-state index >= 15 is 0 Å². The predicted molar refractivity (Wildman–Crippen MR) is 72.6 cm³/mol. The highest BCUT2D eigenvalue weighted by molar-refractivity contribution is 7.33. The Balaban J connectivity index is 2.80. The van der Waals surface area contributed by atoms with Crippen molar-refractivity contribution in [1.29, 1.82) is 0 Å². The first-order valence-corrected chi connectivity index (χ1v) is 9.69. The van der Waals surface area contributed by atoms with Crippen molar-refractivity contribution in [3.8, 4) is 0 Å². The first-order chi connectivity index (χ1) is 7.00. The SMILES string of the molecule is CC(C)c1cccc(C(C)C[SiH](Cl)Cl)c1. The minimum absolute atomic E-state index is 0.482. The molecule has 0 aliphatic heterocycles. The number of halogens is 2. The van der Waals surface area contributed by atoms with Crippen LogP contribution in [0.25, 0.3) is 0 Å². The summed E-state index contributed by atoms with van der Waals surface area (Å²) in [7, 11) is -1.49. The van der Waals surface area contributed by atoms with Gasteiger partial charge in [0.25, 0.3) is 0 Å². The molecule has 84 valence electrons. The van der Waals surface area contributed by atoms with E-state index in [1.54, 1.807) is 0 Å². The van der Waals surface area contributed by atoms with Crippen LogP contribution in [-0.4, -0.2) is 7.42 Å². The Morgan fingerprint density at radius 1 is 1.13 bits per heavy atom. The molecular formula is C12H18Cl2Si. The van der Waals surface area contributed by atoms with Gasteiger partial charge in [0.15, 0.2) is 0 Å². The smallest absolute Gasteiger partial charge is 0.150 e. The summed E-state index contributed by atoms with van der Waals surface area (Å²) in [6, 6.07) is 9.70. The molecule has 0 saturated heterocycles. The van der Waals surface area contributed by atoms with Crippen LogP contribution in [0, 0.1) is 0 Å². The van der Waals surface area contributed by atoms with Crippen molar-refractivity contribution in [2.45, 2.75) is 38.7 Å². The van der Waals surface area contributed by atoms with Crippen LogP contribution in [0.3, 0.4) is 0 Å². The van der Waals surface area contributed by atoms with E-state index in [1.165, 1.54) is 11.1 Å². The number of benzene rings is 1. The molecule has 1 aromatic rings. The molecule has 0 aromatic heterocycles. The largest absolute Gasteiger partial charge is 0.237 e. The standard InChI is InChI=1S/C12H18Cl2Si/c1-9(2)11-5-4-6-12(7-11)10(3)8-15(13)14/h4-7,9-10,15H,8H2,1-3H3. The number of hydrogen-bond acceptors (Lipinski definition) is 0. The minimum atomic E-state index is -1.49. The van der Waals surface area contributed by atoms with E-state index in [2.05, 4.69) is 45.0 Å². The van der Waals surface area contributed by atoms with Gasteiger partial charge < -0.3 is 0 Å². The van der Waals surface area contributed by atoms with Gasteiger partial charge >= 0.3 is 0 Å². The van der Waals surface area contributed by atoms with Gasteiger partial charge in [-0.15, -0.1) is 0 Å². The maximum Gasteiger partial charge on any atom is 0.237 e. The van der Waals surface area contributed by atoms with E-state index in [0.29, 0.717) is 11.8 Å². The zero-order valence-corrected chi connectivity index (χ0v) is 12.2. The Kier molecular flexibility index (Phi) is 5.17. The average molecular weight is 261 g/mol. The van der Waals surface area contributed by atoms with Crippen molar-refractivity contribution in [2.75, 3.05) is 0 Å². The predicted octanol–water partition coefficient (Wildman–Crippen LogP) is 4.61. The third kappa shape index (κ3) is 4.18. The van der Waals surface area contributed by atoms with Crippen LogP contribution in [0.15, 0.2) is 24.3 Å². The van der Waals surface area contributed by atoms with Crippen LogP contribution >= 0.6 is 22.2 Å². The molecule has 0 saturated carbocycles. The van der Waals surface area contributed by atoms with Crippen molar-refractivity contribution in [3.63, 3.8) is 0 Å². The fraction of sp³-hybridized carbons (Fsp3) is 0.500. The lowest BCUT2D eigenvalue weighted by Gasteiger charge is -2.14. The summed E-state index contributed by atoms with van der Waals surface area (Å²) < 4.78 is 0.